The number of aliphatic hydroxyl groups is 4. The monoisotopic (exact) mass is 869 g/mol. The number of esters is 2. The number of carbonyl (C=O) groups excluding carboxylic acids is 3. The molecule has 1 unspecified atom stereocenters. The maximum Gasteiger partial charge on any atom is 0.472 e. The SMILES string of the molecule is CCCCCCCC/C=C\C/C=C\C/C=C\CCCC(=O)O[C@H](COC(=O)CCC/C=C\C[C@H]1C(=O)C[C@@H](O)[C@@H]1/C=C/[C@@H](O)CCCCC)COP(=O)(O)OC[C@@H](O)CO. The standard InChI is InChI=1S/C46H77O13P/c1-3-5-7-8-9-10-11-12-13-14-15-16-17-18-19-20-26-30-46(53)59-40(37-58-60(54,55)57-35-39(49)34-47)36-56-45(52)29-25-22-21-24-28-41-42(44(51)33-43(41)50)32-31-38(48)27-23-6-4-2/h12-13,15-16,18-19,21,24,31-32,38-42,44,47-49,51H,3-11,14,17,20,22-23,25-30,33-37H2,1-2H3,(H,54,55)/b13-12-,16-15-,19-18-,24-21-,32-31+/t38-,39-,40+,41+,42+,44+/m0/s1. The first-order chi connectivity index (χ1) is 28.9. The molecule has 0 spiro atoms. The largest absolute Gasteiger partial charge is 0.472 e. The highest BCUT2D eigenvalue weighted by Crippen LogP contribution is 2.43. The van der Waals surface area contributed by atoms with E-state index in [0.717, 1.165) is 38.5 Å². The quantitative estimate of drug-likeness (QED) is 0.0172. The second kappa shape index (κ2) is 35.8. The number of phosphoric ester groups is 1. The van der Waals surface area contributed by atoms with Crippen LogP contribution in [0.3, 0.4) is 0 Å². The fraction of sp³-hybridized carbons (Fsp3) is 0.717. The van der Waals surface area contributed by atoms with Gasteiger partial charge in [0.2, 0.25) is 0 Å². The highest BCUT2D eigenvalue weighted by Gasteiger charge is 2.39. The van der Waals surface area contributed by atoms with E-state index >= 15 is 0 Å². The summed E-state index contributed by atoms with van der Waals surface area (Å²) < 4.78 is 32.6. The number of ketones is 1. The Kier molecular flexibility index (Phi) is 33.0. The minimum Gasteiger partial charge on any atom is -0.462 e. The number of rotatable bonds is 37. The smallest absolute Gasteiger partial charge is 0.462 e. The number of carbonyl (C=O) groups is 3. The molecule has 0 aromatic carbocycles. The molecule has 13 nitrogen and oxygen atoms in total. The summed E-state index contributed by atoms with van der Waals surface area (Å²) in [6, 6.07) is 0. The molecule has 60 heavy (non-hydrogen) atoms. The van der Waals surface area contributed by atoms with Crippen LogP contribution in [0.4, 0.5) is 0 Å². The predicted molar refractivity (Wildman–Crippen MR) is 234 cm³/mol. The molecule has 7 atom stereocenters. The molecule has 1 saturated carbocycles. The van der Waals surface area contributed by atoms with Gasteiger partial charge in [0.15, 0.2) is 6.10 Å². The fourth-order valence-corrected chi connectivity index (χ4v) is 7.25. The molecule has 1 aliphatic rings. The van der Waals surface area contributed by atoms with Crippen LogP contribution in [0, 0.1) is 11.8 Å². The van der Waals surface area contributed by atoms with Crippen molar-refractivity contribution < 1.29 is 62.8 Å². The first-order valence-corrected chi connectivity index (χ1v) is 23.8. The first kappa shape index (κ1) is 55.3. The zero-order valence-electron chi connectivity index (χ0n) is 36.4. The van der Waals surface area contributed by atoms with Gasteiger partial charge in [0, 0.05) is 31.1 Å². The van der Waals surface area contributed by atoms with Crippen molar-refractivity contribution in [1.82, 2.24) is 0 Å². The summed E-state index contributed by atoms with van der Waals surface area (Å²) in [5.74, 6) is -1.97. The van der Waals surface area contributed by atoms with E-state index < -0.39 is 70.6 Å². The Balaban J connectivity index is 2.51. The third-order valence-corrected chi connectivity index (χ3v) is 11.0. The van der Waals surface area contributed by atoms with E-state index in [4.69, 9.17) is 19.1 Å². The lowest BCUT2D eigenvalue weighted by atomic mass is 9.90. The van der Waals surface area contributed by atoms with Crippen molar-refractivity contribution in [2.24, 2.45) is 11.8 Å². The molecule has 0 aromatic heterocycles. The molecule has 0 radical (unpaired) electrons. The predicted octanol–water partition coefficient (Wildman–Crippen LogP) is 8.48. The average molecular weight is 869 g/mol. The van der Waals surface area contributed by atoms with Crippen molar-refractivity contribution in [3.8, 4) is 0 Å². The van der Waals surface area contributed by atoms with Crippen molar-refractivity contribution in [2.75, 3.05) is 26.4 Å². The molecule has 344 valence electrons. The molecule has 1 rings (SSSR count). The highest BCUT2D eigenvalue weighted by atomic mass is 31.2. The molecule has 1 fully saturated rings. The summed E-state index contributed by atoms with van der Waals surface area (Å²) in [6.45, 7) is 1.89. The number of aliphatic hydroxyl groups excluding tert-OH is 4. The summed E-state index contributed by atoms with van der Waals surface area (Å²) in [5, 5.41) is 39.0. The van der Waals surface area contributed by atoms with Gasteiger partial charge in [-0.05, 0) is 64.2 Å². The Bertz CT molecular complexity index is 1340. The average Bonchev–Trinajstić information content (AvgIpc) is 3.49. The summed E-state index contributed by atoms with van der Waals surface area (Å²) in [4.78, 5) is 47.7. The van der Waals surface area contributed by atoms with Crippen LogP contribution in [0.1, 0.15) is 149 Å². The van der Waals surface area contributed by atoms with Gasteiger partial charge in [-0.15, -0.1) is 0 Å². The van der Waals surface area contributed by atoms with Crippen LogP contribution in [-0.2, 0) is 37.5 Å². The first-order valence-electron chi connectivity index (χ1n) is 22.3. The zero-order valence-corrected chi connectivity index (χ0v) is 37.3. The van der Waals surface area contributed by atoms with E-state index in [-0.39, 0.29) is 36.9 Å². The molecule has 0 bridgehead atoms. The number of hydrogen-bond acceptors (Lipinski definition) is 12. The van der Waals surface area contributed by atoms with E-state index in [2.05, 4.69) is 42.7 Å². The maximum atomic E-state index is 12.6. The summed E-state index contributed by atoms with van der Waals surface area (Å²) >= 11 is 0. The van der Waals surface area contributed by atoms with E-state index in [0.29, 0.717) is 38.5 Å². The number of phosphoric acid groups is 1. The zero-order chi connectivity index (χ0) is 44.3. The molecule has 1 aliphatic carbocycles. The Morgan fingerprint density at radius 1 is 0.750 bits per heavy atom. The van der Waals surface area contributed by atoms with E-state index in [1.165, 1.54) is 38.5 Å². The lowest BCUT2D eigenvalue weighted by molar-refractivity contribution is -0.161. The molecule has 14 heteroatoms. The molecule has 0 aliphatic heterocycles. The van der Waals surface area contributed by atoms with Crippen molar-refractivity contribution in [2.45, 2.75) is 173 Å². The maximum absolute atomic E-state index is 12.6. The Hall–Kier alpha value is -2.74. The van der Waals surface area contributed by atoms with Crippen molar-refractivity contribution in [1.29, 1.82) is 0 Å². The van der Waals surface area contributed by atoms with Crippen LogP contribution in [0.25, 0.3) is 0 Å². The topological polar surface area (TPSA) is 206 Å². The number of Topliss-reactive ketones (excluding diaryl/α,β-unsaturated/α-hetero) is 1. The third kappa shape index (κ3) is 29.5. The Labute approximate surface area is 359 Å². The van der Waals surface area contributed by atoms with Gasteiger partial charge in [0.05, 0.1) is 32.0 Å². The van der Waals surface area contributed by atoms with Gasteiger partial charge in [-0.3, -0.25) is 23.4 Å². The van der Waals surface area contributed by atoms with Crippen LogP contribution >= 0.6 is 7.82 Å². The summed E-state index contributed by atoms with van der Waals surface area (Å²) in [5.41, 5.74) is 0. The van der Waals surface area contributed by atoms with Crippen LogP contribution in [0.2, 0.25) is 0 Å². The van der Waals surface area contributed by atoms with Gasteiger partial charge in [0.1, 0.15) is 18.5 Å². The minimum absolute atomic E-state index is 0.0233. The molecule has 0 aromatic rings. The van der Waals surface area contributed by atoms with Crippen molar-refractivity contribution in [3.63, 3.8) is 0 Å². The van der Waals surface area contributed by atoms with E-state index in [1.807, 2.05) is 24.3 Å². The molecule has 5 N–H and O–H groups in total. The second-order valence-electron chi connectivity index (χ2n) is 15.5. The van der Waals surface area contributed by atoms with Crippen molar-refractivity contribution in [3.05, 3.63) is 60.8 Å². The van der Waals surface area contributed by atoms with Crippen molar-refractivity contribution >= 4 is 25.5 Å². The number of allylic oxidation sites excluding steroid dienone is 8. The van der Waals surface area contributed by atoms with Gasteiger partial charge in [-0.2, -0.15) is 0 Å². The van der Waals surface area contributed by atoms with Crippen LogP contribution < -0.4 is 0 Å². The summed E-state index contributed by atoms with van der Waals surface area (Å²) in [7, 11) is -4.70. The lowest BCUT2D eigenvalue weighted by Gasteiger charge is -2.20. The molecule has 0 heterocycles. The Morgan fingerprint density at radius 3 is 1.98 bits per heavy atom. The van der Waals surface area contributed by atoms with Gasteiger partial charge in [-0.25, -0.2) is 4.57 Å². The second-order valence-corrected chi connectivity index (χ2v) is 16.9. The molecule has 0 amide bonds. The van der Waals surface area contributed by atoms with E-state index in [1.54, 1.807) is 12.2 Å². The molecular weight excluding hydrogens is 791 g/mol. The number of unbranched alkanes of at least 4 members (excludes halogenated alkanes) is 10. The van der Waals surface area contributed by atoms with Gasteiger partial charge in [-0.1, -0.05) is 126 Å². The molecular formula is C46H77O13P. The molecule has 0 saturated heterocycles. The van der Waals surface area contributed by atoms with Crippen LogP contribution in [0.5, 0.6) is 0 Å². The number of hydrogen-bond donors (Lipinski definition) is 5. The van der Waals surface area contributed by atoms with Gasteiger partial charge >= 0.3 is 19.8 Å². The van der Waals surface area contributed by atoms with Crippen LogP contribution in [-0.4, -0.2) is 93.9 Å². The minimum atomic E-state index is -4.70. The van der Waals surface area contributed by atoms with Gasteiger partial charge < -0.3 is 34.8 Å². The highest BCUT2D eigenvalue weighted by molar-refractivity contribution is 7.47. The normalized spacial score (nSPS) is 19.9. The fourth-order valence-electron chi connectivity index (χ4n) is 6.46. The third-order valence-electron chi connectivity index (χ3n) is 10.0. The van der Waals surface area contributed by atoms with Gasteiger partial charge in [0.25, 0.3) is 0 Å². The lowest BCUT2D eigenvalue weighted by Crippen LogP contribution is -2.29. The van der Waals surface area contributed by atoms with E-state index in [9.17, 15) is 39.2 Å². The number of ether oxygens (including phenoxy) is 2. The summed E-state index contributed by atoms with van der Waals surface area (Å²) in [6.07, 6.45) is 32.7. The van der Waals surface area contributed by atoms with Crippen LogP contribution in [0.15, 0.2) is 60.8 Å². The Morgan fingerprint density at radius 2 is 1.32 bits per heavy atom.